The van der Waals surface area contributed by atoms with Crippen molar-refractivity contribution >= 4 is 32.6 Å². The molecule has 0 atom stereocenters. The van der Waals surface area contributed by atoms with Crippen molar-refractivity contribution in [3.63, 3.8) is 0 Å². The average molecular weight is 404 g/mol. The zero-order valence-electron chi connectivity index (χ0n) is 16.3. The second-order valence-electron chi connectivity index (χ2n) is 6.81. The van der Waals surface area contributed by atoms with E-state index >= 15 is 0 Å². The zero-order chi connectivity index (χ0) is 20.2. The van der Waals surface area contributed by atoms with Gasteiger partial charge in [-0.25, -0.2) is 4.98 Å². The lowest BCUT2D eigenvalue weighted by Gasteiger charge is -2.20. The number of para-hydroxylation sites is 2. The molecule has 0 saturated carbocycles. The van der Waals surface area contributed by atoms with Gasteiger partial charge in [-0.15, -0.1) is 0 Å². The summed E-state index contributed by atoms with van der Waals surface area (Å²) in [4.78, 5) is 23.7. The topological polar surface area (TPSA) is 55.3 Å². The molecule has 0 aliphatic rings. The maximum absolute atomic E-state index is 13.1. The number of nitrogens with zero attached hydrogens (tertiary/aromatic N) is 3. The molecule has 0 fully saturated rings. The minimum atomic E-state index is -0.145. The van der Waals surface area contributed by atoms with E-state index in [0.717, 1.165) is 26.9 Å². The van der Waals surface area contributed by atoms with Gasteiger partial charge < -0.3 is 4.74 Å². The molecular weight excluding hydrogens is 382 g/mol. The van der Waals surface area contributed by atoms with Crippen LogP contribution in [0.3, 0.4) is 0 Å². The third-order valence-corrected chi connectivity index (χ3v) is 5.69. The van der Waals surface area contributed by atoms with E-state index < -0.39 is 0 Å². The summed E-state index contributed by atoms with van der Waals surface area (Å²) in [6, 6.07) is 17.6. The Labute approximate surface area is 173 Å². The van der Waals surface area contributed by atoms with Gasteiger partial charge in [0.05, 0.1) is 16.8 Å². The van der Waals surface area contributed by atoms with Crippen LogP contribution in [0.2, 0.25) is 0 Å². The number of carbonyl (C=O) groups is 1. The van der Waals surface area contributed by atoms with Crippen molar-refractivity contribution in [2.45, 2.75) is 20.4 Å². The number of pyridine rings is 1. The predicted molar refractivity (Wildman–Crippen MR) is 116 cm³/mol. The fraction of sp³-hybridized carbons (Fsp3) is 0.174. The van der Waals surface area contributed by atoms with E-state index in [-0.39, 0.29) is 12.5 Å². The number of aryl methyl sites for hydroxylation is 2. The highest BCUT2D eigenvalue weighted by atomic mass is 32.1. The SMILES string of the molecule is Cc1ccccc1OCC(=O)N(Cc1cccnc1)c1nc2c(C)cccc2s1. The fourth-order valence-corrected chi connectivity index (χ4v) is 4.12. The molecule has 29 heavy (non-hydrogen) atoms. The Morgan fingerprint density at radius 1 is 1.03 bits per heavy atom. The van der Waals surface area contributed by atoms with Gasteiger partial charge in [0.1, 0.15) is 5.75 Å². The standard InChI is InChI=1S/C23H21N3O2S/c1-16-7-3-4-10-19(16)28-15-21(27)26(14-18-9-6-12-24-13-18)23-25-22-17(2)8-5-11-20(22)29-23/h3-13H,14-15H2,1-2H3. The van der Waals surface area contributed by atoms with Crippen molar-refractivity contribution in [2.24, 2.45) is 0 Å². The molecule has 6 heteroatoms. The van der Waals surface area contributed by atoms with Crippen molar-refractivity contribution < 1.29 is 9.53 Å². The molecule has 0 bridgehead atoms. The number of hydrogen-bond donors (Lipinski definition) is 0. The van der Waals surface area contributed by atoms with Gasteiger partial charge in [0, 0.05) is 12.4 Å². The number of amides is 1. The van der Waals surface area contributed by atoms with Gasteiger partial charge in [-0.3, -0.25) is 14.7 Å². The summed E-state index contributed by atoms with van der Waals surface area (Å²) in [5, 5.41) is 0.663. The number of benzene rings is 2. The van der Waals surface area contributed by atoms with Crippen molar-refractivity contribution in [3.05, 3.63) is 83.7 Å². The molecule has 4 aromatic rings. The molecular formula is C23H21N3O2S. The zero-order valence-corrected chi connectivity index (χ0v) is 17.1. The molecule has 0 saturated heterocycles. The van der Waals surface area contributed by atoms with Gasteiger partial charge in [0.2, 0.25) is 0 Å². The third-order valence-electron chi connectivity index (χ3n) is 4.65. The van der Waals surface area contributed by atoms with Gasteiger partial charge in [-0.1, -0.05) is 47.7 Å². The van der Waals surface area contributed by atoms with E-state index in [9.17, 15) is 4.79 Å². The Hall–Kier alpha value is -3.25. The summed E-state index contributed by atoms with van der Waals surface area (Å²) < 4.78 is 6.87. The predicted octanol–water partition coefficient (Wildman–Crippen LogP) is 4.92. The largest absolute Gasteiger partial charge is 0.483 e. The minimum absolute atomic E-state index is 0.0555. The van der Waals surface area contributed by atoms with E-state index in [2.05, 4.69) is 4.98 Å². The smallest absolute Gasteiger partial charge is 0.267 e. The first-order valence-corrected chi connectivity index (χ1v) is 10.2. The molecule has 2 aromatic heterocycles. The maximum Gasteiger partial charge on any atom is 0.267 e. The average Bonchev–Trinajstić information content (AvgIpc) is 3.17. The Kier molecular flexibility index (Phi) is 5.53. The van der Waals surface area contributed by atoms with E-state index in [4.69, 9.17) is 9.72 Å². The van der Waals surface area contributed by atoms with Crippen LogP contribution in [-0.4, -0.2) is 22.5 Å². The second-order valence-corrected chi connectivity index (χ2v) is 7.82. The molecule has 0 aliphatic carbocycles. The van der Waals surface area contributed by atoms with Crippen LogP contribution in [0.1, 0.15) is 16.7 Å². The minimum Gasteiger partial charge on any atom is -0.483 e. The van der Waals surface area contributed by atoms with Crippen LogP contribution in [0.25, 0.3) is 10.2 Å². The van der Waals surface area contributed by atoms with Crippen LogP contribution < -0.4 is 9.64 Å². The summed E-state index contributed by atoms with van der Waals surface area (Å²) in [7, 11) is 0. The summed E-state index contributed by atoms with van der Waals surface area (Å²) in [5.74, 6) is 0.566. The van der Waals surface area contributed by atoms with Crippen molar-refractivity contribution in [1.29, 1.82) is 0 Å². The van der Waals surface area contributed by atoms with Crippen molar-refractivity contribution in [1.82, 2.24) is 9.97 Å². The lowest BCUT2D eigenvalue weighted by molar-refractivity contribution is -0.120. The van der Waals surface area contributed by atoms with E-state index in [1.807, 2.05) is 68.4 Å². The number of rotatable bonds is 6. The summed E-state index contributed by atoms with van der Waals surface area (Å²) in [6.07, 6.45) is 3.49. The molecule has 1 amide bonds. The van der Waals surface area contributed by atoms with Gasteiger partial charge in [0.25, 0.3) is 5.91 Å². The summed E-state index contributed by atoms with van der Waals surface area (Å²) in [6.45, 7) is 4.33. The lowest BCUT2D eigenvalue weighted by atomic mass is 10.2. The van der Waals surface area contributed by atoms with Crippen LogP contribution in [0.15, 0.2) is 67.0 Å². The van der Waals surface area contributed by atoms with E-state index in [0.29, 0.717) is 17.4 Å². The number of aromatic nitrogens is 2. The van der Waals surface area contributed by atoms with Crippen LogP contribution in [-0.2, 0) is 11.3 Å². The Bertz CT molecular complexity index is 1140. The number of thiazole rings is 1. The quantitative estimate of drug-likeness (QED) is 0.458. The molecule has 2 heterocycles. The third kappa shape index (κ3) is 4.27. The lowest BCUT2D eigenvalue weighted by Crippen LogP contribution is -2.34. The van der Waals surface area contributed by atoms with Gasteiger partial charge in [-0.05, 0) is 48.7 Å². The molecule has 2 aromatic carbocycles. The number of fused-ring (bicyclic) bond motifs is 1. The second kappa shape index (κ2) is 8.41. The molecule has 0 N–H and O–H groups in total. The Balaban J connectivity index is 1.63. The monoisotopic (exact) mass is 403 g/mol. The number of hydrogen-bond acceptors (Lipinski definition) is 5. The summed E-state index contributed by atoms with van der Waals surface area (Å²) in [5.41, 5.74) is 3.95. The number of ether oxygens (including phenoxy) is 1. The Morgan fingerprint density at radius 3 is 2.62 bits per heavy atom. The molecule has 0 unspecified atom stereocenters. The molecule has 4 rings (SSSR count). The first-order chi connectivity index (χ1) is 14.1. The van der Waals surface area contributed by atoms with Crippen molar-refractivity contribution in [2.75, 3.05) is 11.5 Å². The van der Waals surface area contributed by atoms with E-state index in [1.165, 1.54) is 11.3 Å². The molecule has 146 valence electrons. The normalized spacial score (nSPS) is 10.8. The fourth-order valence-electron chi connectivity index (χ4n) is 3.06. The first-order valence-electron chi connectivity index (χ1n) is 9.35. The van der Waals surface area contributed by atoms with E-state index in [1.54, 1.807) is 17.3 Å². The highest BCUT2D eigenvalue weighted by Gasteiger charge is 2.21. The molecule has 0 aliphatic heterocycles. The molecule has 5 nitrogen and oxygen atoms in total. The number of carbonyl (C=O) groups excluding carboxylic acids is 1. The van der Waals surface area contributed by atoms with Crippen LogP contribution in [0, 0.1) is 13.8 Å². The highest BCUT2D eigenvalue weighted by molar-refractivity contribution is 7.22. The molecule has 0 radical (unpaired) electrons. The van der Waals surface area contributed by atoms with Gasteiger partial charge in [0.15, 0.2) is 11.7 Å². The van der Waals surface area contributed by atoms with Crippen molar-refractivity contribution in [3.8, 4) is 5.75 Å². The number of anilines is 1. The van der Waals surface area contributed by atoms with Gasteiger partial charge in [-0.2, -0.15) is 0 Å². The van der Waals surface area contributed by atoms with Crippen LogP contribution in [0.4, 0.5) is 5.13 Å². The summed E-state index contributed by atoms with van der Waals surface area (Å²) >= 11 is 1.51. The Morgan fingerprint density at radius 2 is 1.86 bits per heavy atom. The molecule has 0 spiro atoms. The van der Waals surface area contributed by atoms with Gasteiger partial charge >= 0.3 is 0 Å². The first kappa shape index (κ1) is 19.1. The van der Waals surface area contributed by atoms with Crippen LogP contribution in [0.5, 0.6) is 5.75 Å². The van der Waals surface area contributed by atoms with Crippen LogP contribution >= 0.6 is 11.3 Å². The highest BCUT2D eigenvalue weighted by Crippen LogP contribution is 2.31. The maximum atomic E-state index is 13.1.